The molecule has 0 saturated heterocycles. The Bertz CT molecular complexity index is 1350. The van der Waals surface area contributed by atoms with Crippen LogP contribution in [0.15, 0.2) is 18.5 Å². The number of rotatable bonds is 7. The second kappa shape index (κ2) is 9.94. The van der Waals surface area contributed by atoms with Gasteiger partial charge in [-0.1, -0.05) is 0 Å². The highest BCUT2D eigenvalue weighted by Crippen LogP contribution is 2.39. The summed E-state index contributed by atoms with van der Waals surface area (Å²) in [6.45, 7) is 0.0530. The van der Waals surface area contributed by atoms with Crippen molar-refractivity contribution in [3.63, 3.8) is 0 Å². The minimum absolute atomic E-state index is 0.0371. The number of aromatic hydroxyl groups is 3. The number of anilines is 1. The van der Waals surface area contributed by atoms with Crippen molar-refractivity contribution in [1.29, 1.82) is 0 Å². The van der Waals surface area contributed by atoms with Crippen LogP contribution in [-0.4, -0.2) is 63.3 Å². The van der Waals surface area contributed by atoms with Gasteiger partial charge in [0, 0.05) is 0 Å². The van der Waals surface area contributed by atoms with E-state index in [4.69, 9.17) is 10.5 Å². The molecule has 0 aliphatic carbocycles. The van der Waals surface area contributed by atoms with Gasteiger partial charge in [-0.15, -0.1) is 0 Å². The van der Waals surface area contributed by atoms with E-state index in [-0.39, 0.29) is 17.2 Å². The molecule has 15 heteroatoms. The summed E-state index contributed by atoms with van der Waals surface area (Å²) < 4.78 is 5.26. The molecule has 0 fully saturated rings. The fourth-order valence-electron chi connectivity index (χ4n) is 2.89. The number of nitrogens with two attached hydrogens (primary N) is 1. The normalized spacial score (nSPS) is 10.6. The van der Waals surface area contributed by atoms with Gasteiger partial charge in [0.15, 0.2) is 40.3 Å². The molecule has 35 heavy (non-hydrogen) atoms. The van der Waals surface area contributed by atoms with Crippen LogP contribution in [0.5, 0.6) is 23.0 Å². The molecule has 8 N–H and O–H groups in total. The summed E-state index contributed by atoms with van der Waals surface area (Å²) in [6, 6.07) is 1.03. The lowest BCUT2D eigenvalue weighted by Crippen LogP contribution is -2.22. The van der Waals surface area contributed by atoms with Crippen molar-refractivity contribution >= 4 is 23.5 Å². The summed E-state index contributed by atoms with van der Waals surface area (Å²) >= 11 is 0. The fraction of sp³-hybridized carbons (Fsp3) is 0.150. The number of carbonyl (C=O) groups excluding carboxylic acids is 3. The largest absolute Gasteiger partial charge is 0.507 e. The molecule has 2 heterocycles. The fourth-order valence-corrected chi connectivity index (χ4v) is 2.89. The maximum absolute atomic E-state index is 12.8. The number of hydrogen-bond donors (Lipinski definition) is 7. The van der Waals surface area contributed by atoms with Gasteiger partial charge in [0.2, 0.25) is 0 Å². The zero-order chi connectivity index (χ0) is 25.9. The molecule has 0 bridgehead atoms. The molecular weight excluding hydrogens is 468 g/mol. The molecule has 2 amide bonds. The van der Waals surface area contributed by atoms with Gasteiger partial charge in [-0.3, -0.25) is 9.59 Å². The number of phenols is 1. The maximum Gasteiger partial charge on any atom is 0.366 e. The van der Waals surface area contributed by atoms with E-state index in [2.05, 4.69) is 25.3 Å². The Morgan fingerprint density at radius 1 is 0.943 bits per heavy atom. The SMILES string of the molecule is Cc1cc(O)c(C(N)=O)c(NC(=O)c2nc(CO)ncc2O)c1OC(=O)c1nc(CO)ncc1O. The van der Waals surface area contributed by atoms with E-state index >= 15 is 0 Å². The molecule has 0 radical (unpaired) electrons. The predicted molar refractivity (Wildman–Crippen MR) is 114 cm³/mol. The van der Waals surface area contributed by atoms with Gasteiger partial charge < -0.3 is 41.3 Å². The number of aryl methyl sites for hydroxylation is 1. The molecule has 3 rings (SSSR count). The topological polar surface area (TPSA) is 251 Å². The summed E-state index contributed by atoms with van der Waals surface area (Å²) in [7, 11) is 0. The summed E-state index contributed by atoms with van der Waals surface area (Å²) in [6.07, 6.45) is 1.71. The first-order chi connectivity index (χ1) is 16.6. The second-order valence-electron chi connectivity index (χ2n) is 6.86. The molecule has 2 aromatic heterocycles. The number of primary amides is 1. The highest BCUT2D eigenvalue weighted by molar-refractivity contribution is 6.12. The van der Waals surface area contributed by atoms with Crippen molar-refractivity contribution in [2.45, 2.75) is 20.1 Å². The van der Waals surface area contributed by atoms with Gasteiger partial charge in [-0.05, 0) is 18.6 Å². The first-order valence-corrected chi connectivity index (χ1v) is 9.58. The van der Waals surface area contributed by atoms with Crippen LogP contribution in [0, 0.1) is 6.92 Å². The van der Waals surface area contributed by atoms with E-state index in [0.29, 0.717) is 0 Å². The number of amides is 2. The van der Waals surface area contributed by atoms with Crippen LogP contribution in [-0.2, 0) is 13.2 Å². The third-order valence-corrected chi connectivity index (χ3v) is 4.45. The van der Waals surface area contributed by atoms with Gasteiger partial charge in [0.25, 0.3) is 11.8 Å². The van der Waals surface area contributed by atoms with E-state index in [9.17, 15) is 39.9 Å². The van der Waals surface area contributed by atoms with Crippen molar-refractivity contribution in [1.82, 2.24) is 19.9 Å². The number of benzene rings is 1. The molecule has 0 aliphatic heterocycles. The van der Waals surface area contributed by atoms with E-state index in [0.717, 1.165) is 18.5 Å². The Balaban J connectivity index is 2.11. The minimum Gasteiger partial charge on any atom is -0.507 e. The number of aliphatic hydroxyl groups excluding tert-OH is 2. The lowest BCUT2D eigenvalue weighted by atomic mass is 10.1. The number of aliphatic hydroxyl groups is 2. The quantitative estimate of drug-likeness (QED) is 0.160. The second-order valence-corrected chi connectivity index (χ2v) is 6.86. The van der Waals surface area contributed by atoms with Crippen molar-refractivity contribution < 1.29 is 44.7 Å². The lowest BCUT2D eigenvalue weighted by molar-refractivity contribution is 0.0721. The molecule has 3 aromatic rings. The molecule has 0 aliphatic rings. The first kappa shape index (κ1) is 24.7. The number of nitrogens with one attached hydrogen (secondary N) is 1. The number of ether oxygens (including phenoxy) is 1. The van der Waals surface area contributed by atoms with Crippen molar-refractivity contribution in [3.8, 4) is 23.0 Å². The smallest absolute Gasteiger partial charge is 0.366 e. The van der Waals surface area contributed by atoms with Crippen LogP contribution in [0.1, 0.15) is 48.5 Å². The molecule has 0 spiro atoms. The zero-order valence-corrected chi connectivity index (χ0v) is 17.9. The Hall–Kier alpha value is -4.89. The average Bonchev–Trinajstić information content (AvgIpc) is 2.81. The number of aromatic nitrogens is 4. The zero-order valence-electron chi connectivity index (χ0n) is 17.9. The number of nitrogens with zero attached hydrogens (tertiary/aromatic N) is 4. The molecular formula is C20H18N6O9. The van der Waals surface area contributed by atoms with E-state index in [1.807, 2.05) is 0 Å². The minimum atomic E-state index is -1.27. The van der Waals surface area contributed by atoms with Crippen LogP contribution in [0.2, 0.25) is 0 Å². The Kier molecular flexibility index (Phi) is 7.03. The third kappa shape index (κ3) is 5.05. The Morgan fingerprint density at radius 3 is 2.03 bits per heavy atom. The van der Waals surface area contributed by atoms with Gasteiger partial charge >= 0.3 is 5.97 Å². The van der Waals surface area contributed by atoms with E-state index in [1.165, 1.54) is 6.92 Å². The average molecular weight is 486 g/mol. The number of esters is 1. The van der Waals surface area contributed by atoms with Gasteiger partial charge in [-0.25, -0.2) is 24.7 Å². The number of carbonyl (C=O) groups is 3. The Morgan fingerprint density at radius 2 is 1.49 bits per heavy atom. The van der Waals surface area contributed by atoms with Gasteiger partial charge in [-0.2, -0.15) is 0 Å². The summed E-state index contributed by atoms with van der Waals surface area (Å²) in [4.78, 5) is 52.2. The van der Waals surface area contributed by atoms with Crippen LogP contribution in [0.4, 0.5) is 5.69 Å². The maximum atomic E-state index is 12.8. The molecule has 182 valence electrons. The van der Waals surface area contributed by atoms with E-state index in [1.54, 1.807) is 0 Å². The Labute approximate surface area is 195 Å². The monoisotopic (exact) mass is 486 g/mol. The molecule has 15 nitrogen and oxygen atoms in total. The van der Waals surface area contributed by atoms with E-state index < -0.39 is 76.6 Å². The first-order valence-electron chi connectivity index (χ1n) is 9.58. The van der Waals surface area contributed by atoms with Gasteiger partial charge in [0.1, 0.15) is 30.2 Å². The predicted octanol–water partition coefficient (Wildman–Crippen LogP) is -0.753. The molecule has 0 saturated carbocycles. The van der Waals surface area contributed by atoms with Crippen LogP contribution in [0.25, 0.3) is 0 Å². The highest BCUT2D eigenvalue weighted by atomic mass is 16.5. The highest BCUT2D eigenvalue weighted by Gasteiger charge is 2.28. The number of hydrogen-bond acceptors (Lipinski definition) is 13. The summed E-state index contributed by atoms with van der Waals surface area (Å²) in [5, 5.41) is 50.7. The molecule has 0 atom stereocenters. The van der Waals surface area contributed by atoms with Crippen LogP contribution in [0.3, 0.4) is 0 Å². The van der Waals surface area contributed by atoms with Crippen molar-refractivity contribution in [2.24, 2.45) is 5.73 Å². The van der Waals surface area contributed by atoms with Crippen molar-refractivity contribution in [3.05, 3.63) is 52.6 Å². The third-order valence-electron chi connectivity index (χ3n) is 4.45. The molecule has 0 unspecified atom stereocenters. The lowest BCUT2D eigenvalue weighted by Gasteiger charge is -2.18. The van der Waals surface area contributed by atoms with Crippen molar-refractivity contribution in [2.75, 3.05) is 5.32 Å². The molecule has 1 aromatic carbocycles. The summed E-state index contributed by atoms with van der Waals surface area (Å²) in [5.41, 5.74) is 2.91. The van der Waals surface area contributed by atoms with Gasteiger partial charge in [0.05, 0.1) is 12.4 Å². The summed E-state index contributed by atoms with van der Waals surface area (Å²) in [5.74, 6) is -6.54. The van der Waals surface area contributed by atoms with Crippen LogP contribution >= 0.6 is 0 Å². The standard InChI is InChI=1S/C20H18N6O9/c1-7-2-8(29)13(18(21)32)16(26-19(33)14-9(30)3-22-11(5-27)24-14)17(7)35-20(34)15-10(31)4-23-12(6-28)25-15/h2-4,27-31H,5-6H2,1H3,(H2,21,32)(H,26,33). The van der Waals surface area contributed by atoms with Crippen LogP contribution < -0.4 is 15.8 Å².